The predicted molar refractivity (Wildman–Crippen MR) is 225 cm³/mol. The van der Waals surface area contributed by atoms with Gasteiger partial charge in [0, 0.05) is 39.2 Å². The van der Waals surface area contributed by atoms with E-state index in [0.29, 0.717) is 0 Å². The van der Waals surface area contributed by atoms with Gasteiger partial charge < -0.3 is 9.32 Å². The van der Waals surface area contributed by atoms with Crippen LogP contribution < -0.4 is 4.90 Å². The van der Waals surface area contributed by atoms with Crippen molar-refractivity contribution in [3.8, 4) is 44.7 Å². The summed E-state index contributed by atoms with van der Waals surface area (Å²) in [4.78, 5) is 2.48. The molecule has 1 spiro atoms. The minimum absolute atomic E-state index is 0.0673. The van der Waals surface area contributed by atoms with Gasteiger partial charge in [0.2, 0.25) is 0 Å². The smallest absolute Gasteiger partial charge is 0.142 e. The molecule has 0 unspecified atom stereocenters. The van der Waals surface area contributed by atoms with Crippen LogP contribution in [0.25, 0.3) is 44.7 Å². The molecule has 3 aliphatic carbocycles. The number of hydrogen-bond donors (Lipinski definition) is 0. The molecule has 0 bridgehead atoms. The molecule has 266 valence electrons. The maximum absolute atomic E-state index is 7.22. The van der Waals surface area contributed by atoms with Crippen LogP contribution in [0.4, 0.5) is 17.1 Å². The predicted octanol–water partition coefficient (Wildman–Crippen LogP) is 14.5. The Kier molecular flexibility index (Phi) is 7.31. The summed E-state index contributed by atoms with van der Waals surface area (Å²) < 4.78 is 7.22. The van der Waals surface area contributed by atoms with Crippen LogP contribution in [0.1, 0.15) is 88.3 Å². The molecular weight excluding hydrogens is 655 g/mol. The highest BCUT2D eigenvalue weighted by Gasteiger charge is 2.50. The third-order valence-corrected chi connectivity index (χ3v) is 12.8. The maximum atomic E-state index is 7.22. The number of fused-ring (bicyclic) bond motifs is 8. The van der Waals surface area contributed by atoms with Crippen molar-refractivity contribution >= 4 is 17.1 Å². The van der Waals surface area contributed by atoms with Gasteiger partial charge in [-0.1, -0.05) is 157 Å². The van der Waals surface area contributed by atoms with Gasteiger partial charge in [0.1, 0.15) is 11.5 Å². The highest BCUT2D eigenvalue weighted by molar-refractivity contribution is 5.99. The summed E-state index contributed by atoms with van der Waals surface area (Å²) in [6.07, 6.45) is 4.64. The minimum Gasteiger partial charge on any atom is -0.459 e. The first-order valence-electron chi connectivity index (χ1n) is 19.7. The molecule has 1 fully saturated rings. The van der Waals surface area contributed by atoms with Gasteiger partial charge in [-0.2, -0.15) is 0 Å². The van der Waals surface area contributed by atoms with Crippen LogP contribution in [0.5, 0.6) is 0 Å². The van der Waals surface area contributed by atoms with Gasteiger partial charge in [-0.3, -0.25) is 0 Å². The van der Waals surface area contributed by atoms with Crippen molar-refractivity contribution in [1.82, 2.24) is 0 Å². The molecule has 0 N–H and O–H groups in total. The van der Waals surface area contributed by atoms with Gasteiger partial charge in [0.05, 0.1) is 5.41 Å². The zero-order valence-electron chi connectivity index (χ0n) is 32.0. The van der Waals surface area contributed by atoms with Crippen molar-refractivity contribution in [2.75, 3.05) is 4.90 Å². The van der Waals surface area contributed by atoms with E-state index >= 15 is 0 Å². The van der Waals surface area contributed by atoms with E-state index < -0.39 is 0 Å². The first-order chi connectivity index (χ1) is 26.1. The second-order valence-electron chi connectivity index (χ2n) is 17.3. The van der Waals surface area contributed by atoms with Crippen molar-refractivity contribution in [1.29, 1.82) is 0 Å². The van der Waals surface area contributed by atoms with Crippen molar-refractivity contribution in [2.45, 2.75) is 76.5 Å². The quantitative estimate of drug-likeness (QED) is 0.178. The molecule has 0 amide bonds. The Bertz CT molecular complexity index is 2540. The molecule has 1 saturated carbocycles. The number of rotatable bonds is 5. The Hall–Kier alpha value is -5.60. The topological polar surface area (TPSA) is 16.4 Å². The molecule has 1 aromatic heterocycles. The second kappa shape index (κ2) is 12.0. The van der Waals surface area contributed by atoms with Crippen molar-refractivity contribution < 1.29 is 4.42 Å². The van der Waals surface area contributed by atoms with Gasteiger partial charge in [0.25, 0.3) is 0 Å². The molecule has 7 aromatic rings. The first-order valence-corrected chi connectivity index (χ1v) is 19.7. The molecule has 2 nitrogen and oxygen atoms in total. The lowest BCUT2D eigenvalue weighted by atomic mass is 9.80. The highest BCUT2D eigenvalue weighted by atomic mass is 16.3. The molecule has 6 aromatic carbocycles. The van der Waals surface area contributed by atoms with E-state index in [1.165, 1.54) is 74.2 Å². The number of hydrogen-bond acceptors (Lipinski definition) is 2. The van der Waals surface area contributed by atoms with Gasteiger partial charge >= 0.3 is 0 Å². The third kappa shape index (κ3) is 4.85. The summed E-state index contributed by atoms with van der Waals surface area (Å²) in [6, 6.07) is 54.2. The SMILES string of the molecule is CC(C)(C)c1ccc(N(c2ccc3c(c2)-c2c(oc(-c4ccccc4)c2-c2ccccc2)C32CCCC2)c2ccc3c(c2)C(C)(C)c2ccccc2-3)cc1. The Morgan fingerprint density at radius 2 is 1.11 bits per heavy atom. The fourth-order valence-corrected chi connectivity index (χ4v) is 9.98. The monoisotopic (exact) mass is 701 g/mol. The molecule has 0 aliphatic heterocycles. The Labute approximate surface area is 320 Å². The third-order valence-electron chi connectivity index (χ3n) is 12.8. The van der Waals surface area contributed by atoms with Crippen molar-refractivity contribution in [3.05, 3.63) is 174 Å². The molecule has 0 saturated heterocycles. The van der Waals surface area contributed by atoms with E-state index in [2.05, 4.69) is 185 Å². The van der Waals surface area contributed by atoms with E-state index in [4.69, 9.17) is 4.42 Å². The summed E-state index contributed by atoms with van der Waals surface area (Å²) in [7, 11) is 0. The molecular formula is C52H47NO. The normalized spacial score (nSPS) is 15.9. The summed E-state index contributed by atoms with van der Waals surface area (Å²) in [5.74, 6) is 2.13. The van der Waals surface area contributed by atoms with E-state index in [-0.39, 0.29) is 16.2 Å². The van der Waals surface area contributed by atoms with Gasteiger partial charge in [-0.05, 0) is 99.2 Å². The molecule has 1 heterocycles. The van der Waals surface area contributed by atoms with Gasteiger partial charge in [0.15, 0.2) is 0 Å². The number of benzene rings is 6. The average molecular weight is 702 g/mol. The molecule has 54 heavy (non-hydrogen) atoms. The number of nitrogens with zero attached hydrogens (tertiary/aromatic N) is 1. The van der Waals surface area contributed by atoms with Crippen LogP contribution in [-0.2, 0) is 16.2 Å². The molecule has 0 atom stereocenters. The van der Waals surface area contributed by atoms with Gasteiger partial charge in [-0.15, -0.1) is 0 Å². The standard InChI is InChI=1S/C52H47NO/c1-50(2,3)36-22-24-37(25-23-36)53(39-26-28-41-40-20-12-13-21-43(40)51(4,5)45(41)33-39)38-27-29-44-42(32-38)47-46(34-16-8-6-9-17-34)48(35-18-10-7-11-19-35)54-49(47)52(44)30-14-15-31-52/h6-13,16-29,32-33H,14-15,30-31H2,1-5H3. The molecule has 2 heteroatoms. The highest BCUT2D eigenvalue weighted by Crippen LogP contribution is 2.62. The van der Waals surface area contributed by atoms with E-state index in [1.54, 1.807) is 0 Å². The second-order valence-corrected chi connectivity index (χ2v) is 17.3. The average Bonchev–Trinajstić information content (AvgIpc) is 3.95. The van der Waals surface area contributed by atoms with Crippen LogP contribution in [0.15, 0.2) is 150 Å². The summed E-state index contributed by atoms with van der Waals surface area (Å²) in [5.41, 5.74) is 17.7. The van der Waals surface area contributed by atoms with Crippen molar-refractivity contribution in [3.63, 3.8) is 0 Å². The van der Waals surface area contributed by atoms with E-state index in [0.717, 1.165) is 41.3 Å². The Morgan fingerprint density at radius 3 is 1.81 bits per heavy atom. The van der Waals surface area contributed by atoms with Crippen LogP contribution in [0.2, 0.25) is 0 Å². The number of anilines is 3. The first kappa shape index (κ1) is 33.0. The van der Waals surface area contributed by atoms with Crippen LogP contribution >= 0.6 is 0 Å². The zero-order valence-corrected chi connectivity index (χ0v) is 32.0. The minimum atomic E-state index is -0.109. The van der Waals surface area contributed by atoms with E-state index in [1.807, 2.05) is 0 Å². The zero-order chi connectivity index (χ0) is 36.8. The largest absolute Gasteiger partial charge is 0.459 e. The number of furan rings is 1. The van der Waals surface area contributed by atoms with E-state index in [9.17, 15) is 0 Å². The molecule has 0 radical (unpaired) electrons. The fourth-order valence-electron chi connectivity index (χ4n) is 9.98. The lowest BCUT2D eigenvalue weighted by Crippen LogP contribution is -2.20. The maximum Gasteiger partial charge on any atom is 0.142 e. The van der Waals surface area contributed by atoms with Gasteiger partial charge in [-0.25, -0.2) is 0 Å². The summed E-state index contributed by atoms with van der Waals surface area (Å²) in [5, 5.41) is 0. The lowest BCUT2D eigenvalue weighted by molar-refractivity contribution is 0.407. The van der Waals surface area contributed by atoms with Crippen molar-refractivity contribution in [2.24, 2.45) is 0 Å². The Balaban J connectivity index is 1.21. The molecule has 10 rings (SSSR count). The Morgan fingerprint density at radius 1 is 0.519 bits per heavy atom. The molecule has 3 aliphatic rings. The summed E-state index contributed by atoms with van der Waals surface area (Å²) in [6.45, 7) is 11.6. The van der Waals surface area contributed by atoms with Crippen LogP contribution in [0.3, 0.4) is 0 Å². The fraction of sp³-hybridized carbons (Fsp3) is 0.231. The van der Waals surface area contributed by atoms with Crippen LogP contribution in [0, 0.1) is 0 Å². The van der Waals surface area contributed by atoms with Crippen LogP contribution in [-0.4, -0.2) is 0 Å². The lowest BCUT2D eigenvalue weighted by Gasteiger charge is -2.30. The summed E-state index contributed by atoms with van der Waals surface area (Å²) >= 11 is 0.